The number of nitrogens with zero attached hydrogens (tertiary/aromatic N) is 1. The molecule has 25 heavy (non-hydrogen) atoms. The number of amides is 1. The van der Waals surface area contributed by atoms with Gasteiger partial charge in [-0.1, -0.05) is 30.3 Å². The molecule has 0 radical (unpaired) electrons. The first-order chi connectivity index (χ1) is 11.9. The number of nitrogens with one attached hydrogen (secondary N) is 2. The summed E-state index contributed by atoms with van der Waals surface area (Å²) in [4.78, 5) is 12.2. The van der Waals surface area contributed by atoms with Gasteiger partial charge >= 0.3 is 6.18 Å². The highest BCUT2D eigenvalue weighted by molar-refractivity contribution is 6.05. The van der Waals surface area contributed by atoms with Crippen LogP contribution in [0.15, 0.2) is 54.6 Å². The van der Waals surface area contributed by atoms with Crippen molar-refractivity contribution in [2.24, 2.45) is 0 Å². The Bertz CT molecular complexity index is 887. The number of halogens is 4. The van der Waals surface area contributed by atoms with Crippen LogP contribution in [0, 0.1) is 5.82 Å². The molecule has 0 aliphatic carbocycles. The largest absolute Gasteiger partial charge is 0.433 e. The minimum Gasteiger partial charge on any atom is -0.305 e. The smallest absolute Gasteiger partial charge is 0.305 e. The topological polar surface area (TPSA) is 57.8 Å². The van der Waals surface area contributed by atoms with Gasteiger partial charge in [0.05, 0.1) is 5.56 Å². The fourth-order valence-corrected chi connectivity index (χ4v) is 2.30. The van der Waals surface area contributed by atoms with E-state index in [1.807, 2.05) is 5.10 Å². The van der Waals surface area contributed by atoms with E-state index in [9.17, 15) is 22.4 Å². The molecule has 0 unspecified atom stereocenters. The molecule has 0 aliphatic rings. The minimum atomic E-state index is -4.67. The van der Waals surface area contributed by atoms with E-state index < -0.39 is 23.6 Å². The van der Waals surface area contributed by atoms with E-state index in [1.165, 1.54) is 24.3 Å². The number of anilines is 1. The van der Waals surface area contributed by atoms with E-state index in [0.717, 1.165) is 12.1 Å². The number of aromatic amines is 1. The number of carbonyl (C=O) groups excluding carboxylic acids is 1. The van der Waals surface area contributed by atoms with Crippen molar-refractivity contribution in [3.8, 4) is 11.1 Å². The summed E-state index contributed by atoms with van der Waals surface area (Å²) in [6, 6.07) is 12.4. The predicted octanol–water partition coefficient (Wildman–Crippen LogP) is 4.49. The van der Waals surface area contributed by atoms with Crippen LogP contribution >= 0.6 is 0 Å². The molecule has 3 aromatic rings. The average Bonchev–Trinajstić information content (AvgIpc) is 3.00. The van der Waals surface area contributed by atoms with Gasteiger partial charge in [-0.05, 0) is 29.8 Å². The maximum absolute atomic E-state index is 13.2. The zero-order valence-electron chi connectivity index (χ0n) is 12.6. The van der Waals surface area contributed by atoms with Crippen molar-refractivity contribution >= 4 is 11.7 Å². The summed E-state index contributed by atoms with van der Waals surface area (Å²) in [7, 11) is 0. The molecular weight excluding hydrogens is 338 g/mol. The molecule has 2 N–H and O–H groups in total. The highest BCUT2D eigenvalue weighted by atomic mass is 19.4. The Balaban J connectivity index is 2.00. The lowest BCUT2D eigenvalue weighted by Gasteiger charge is -2.09. The Morgan fingerprint density at radius 3 is 2.24 bits per heavy atom. The minimum absolute atomic E-state index is 0.0944. The molecule has 1 heterocycles. The first-order valence-corrected chi connectivity index (χ1v) is 7.14. The number of aromatic nitrogens is 2. The van der Waals surface area contributed by atoms with Crippen molar-refractivity contribution in [1.29, 1.82) is 0 Å². The molecule has 0 fully saturated rings. The predicted molar refractivity (Wildman–Crippen MR) is 83.4 cm³/mol. The van der Waals surface area contributed by atoms with Crippen LogP contribution < -0.4 is 5.32 Å². The SMILES string of the molecule is O=C(Nc1n[nH]c(C(F)(F)F)c1-c1ccccc1)c1ccc(F)cc1. The summed E-state index contributed by atoms with van der Waals surface area (Å²) < 4.78 is 52.6. The van der Waals surface area contributed by atoms with Gasteiger partial charge in [0.2, 0.25) is 0 Å². The molecule has 0 saturated carbocycles. The van der Waals surface area contributed by atoms with Gasteiger partial charge < -0.3 is 5.32 Å². The van der Waals surface area contributed by atoms with Crippen LogP contribution in [-0.2, 0) is 6.18 Å². The van der Waals surface area contributed by atoms with Gasteiger partial charge in [-0.3, -0.25) is 9.89 Å². The molecule has 0 spiro atoms. The van der Waals surface area contributed by atoms with Crippen LogP contribution in [-0.4, -0.2) is 16.1 Å². The molecule has 4 nitrogen and oxygen atoms in total. The van der Waals surface area contributed by atoms with Crippen molar-refractivity contribution < 1.29 is 22.4 Å². The number of benzene rings is 2. The molecule has 0 aliphatic heterocycles. The molecule has 0 bridgehead atoms. The zero-order valence-corrected chi connectivity index (χ0v) is 12.6. The second kappa shape index (κ2) is 6.39. The fourth-order valence-electron chi connectivity index (χ4n) is 2.30. The Labute approximate surface area is 139 Å². The molecule has 8 heteroatoms. The van der Waals surface area contributed by atoms with Gasteiger partial charge in [0, 0.05) is 5.56 Å². The lowest BCUT2D eigenvalue weighted by Crippen LogP contribution is -2.13. The third kappa shape index (κ3) is 3.52. The van der Waals surface area contributed by atoms with Crippen LogP contribution in [0.2, 0.25) is 0 Å². The number of alkyl halides is 3. The second-order valence-electron chi connectivity index (χ2n) is 5.15. The molecular formula is C17H11F4N3O. The lowest BCUT2D eigenvalue weighted by atomic mass is 10.0. The first-order valence-electron chi connectivity index (χ1n) is 7.14. The van der Waals surface area contributed by atoms with Gasteiger partial charge in [-0.2, -0.15) is 18.3 Å². The van der Waals surface area contributed by atoms with E-state index in [4.69, 9.17) is 0 Å². The Kier molecular flexibility index (Phi) is 4.26. The molecule has 128 valence electrons. The highest BCUT2D eigenvalue weighted by Gasteiger charge is 2.38. The molecule has 3 rings (SSSR count). The van der Waals surface area contributed by atoms with Crippen molar-refractivity contribution in [3.63, 3.8) is 0 Å². The van der Waals surface area contributed by atoms with Gasteiger partial charge in [0.15, 0.2) is 5.82 Å². The standard InChI is InChI=1S/C17H11F4N3O/c18-12-8-6-11(7-9-12)16(25)22-15-13(10-4-2-1-3-5-10)14(23-24-15)17(19,20)21/h1-9H,(H2,22,23,24,25). The van der Waals surface area contributed by atoms with E-state index in [-0.39, 0.29) is 22.5 Å². The summed E-state index contributed by atoms with van der Waals surface area (Å²) in [6.45, 7) is 0. The number of hydrogen-bond donors (Lipinski definition) is 2. The van der Waals surface area contributed by atoms with E-state index in [0.29, 0.717) is 0 Å². The highest BCUT2D eigenvalue weighted by Crippen LogP contribution is 2.39. The van der Waals surface area contributed by atoms with E-state index in [1.54, 1.807) is 18.2 Å². The summed E-state index contributed by atoms with van der Waals surface area (Å²) >= 11 is 0. The maximum Gasteiger partial charge on any atom is 0.433 e. The van der Waals surface area contributed by atoms with Crippen LogP contribution in [0.1, 0.15) is 16.1 Å². The van der Waals surface area contributed by atoms with Crippen molar-refractivity contribution in [2.75, 3.05) is 5.32 Å². The molecule has 2 aromatic carbocycles. The van der Waals surface area contributed by atoms with Crippen molar-refractivity contribution in [2.45, 2.75) is 6.18 Å². The van der Waals surface area contributed by atoms with Gasteiger partial charge in [0.25, 0.3) is 5.91 Å². The average molecular weight is 349 g/mol. The number of H-pyrrole nitrogens is 1. The Hall–Kier alpha value is -3.16. The van der Waals surface area contributed by atoms with Gasteiger partial charge in [0.1, 0.15) is 11.5 Å². The molecule has 0 saturated heterocycles. The van der Waals surface area contributed by atoms with Crippen LogP contribution in [0.5, 0.6) is 0 Å². The van der Waals surface area contributed by atoms with E-state index in [2.05, 4.69) is 10.4 Å². The number of hydrogen-bond acceptors (Lipinski definition) is 2. The summed E-state index contributed by atoms with van der Waals surface area (Å²) in [6.07, 6.45) is -4.67. The monoisotopic (exact) mass is 349 g/mol. The van der Waals surface area contributed by atoms with Gasteiger partial charge in [-0.25, -0.2) is 4.39 Å². The van der Waals surface area contributed by atoms with Crippen LogP contribution in [0.3, 0.4) is 0 Å². The van der Waals surface area contributed by atoms with Crippen LogP contribution in [0.25, 0.3) is 11.1 Å². The summed E-state index contributed by atoms with van der Waals surface area (Å²) in [5.74, 6) is -1.48. The molecule has 0 atom stereocenters. The van der Waals surface area contributed by atoms with Crippen molar-refractivity contribution in [1.82, 2.24) is 10.2 Å². The van der Waals surface area contributed by atoms with Crippen LogP contribution in [0.4, 0.5) is 23.4 Å². The zero-order chi connectivity index (χ0) is 18.0. The van der Waals surface area contributed by atoms with Gasteiger partial charge in [-0.15, -0.1) is 0 Å². The molecule has 1 aromatic heterocycles. The second-order valence-corrected chi connectivity index (χ2v) is 5.15. The molecule has 1 amide bonds. The number of rotatable bonds is 3. The Morgan fingerprint density at radius 1 is 1.00 bits per heavy atom. The first kappa shape index (κ1) is 16.7. The maximum atomic E-state index is 13.2. The van der Waals surface area contributed by atoms with Crippen molar-refractivity contribution in [3.05, 3.63) is 71.7 Å². The number of carbonyl (C=O) groups is 1. The van der Waals surface area contributed by atoms with E-state index >= 15 is 0 Å². The third-order valence-electron chi connectivity index (χ3n) is 3.45. The Morgan fingerprint density at radius 2 is 1.64 bits per heavy atom. The normalized spacial score (nSPS) is 11.4. The quantitative estimate of drug-likeness (QED) is 0.685. The fraction of sp³-hybridized carbons (Fsp3) is 0.0588. The lowest BCUT2D eigenvalue weighted by molar-refractivity contribution is -0.140. The summed E-state index contributed by atoms with van der Waals surface area (Å²) in [5, 5.41) is 7.85. The summed E-state index contributed by atoms with van der Waals surface area (Å²) in [5.41, 5.74) is -0.980. The third-order valence-corrected chi connectivity index (χ3v) is 3.45.